The summed E-state index contributed by atoms with van der Waals surface area (Å²) >= 11 is 0. The Morgan fingerprint density at radius 3 is 2.12 bits per heavy atom. The maximum atomic E-state index is 13.7. The van der Waals surface area contributed by atoms with E-state index in [-0.39, 0.29) is 29.6 Å². The van der Waals surface area contributed by atoms with Gasteiger partial charge in [0.15, 0.2) is 23.0 Å². The zero-order chi connectivity index (χ0) is 24.8. The number of ether oxygens (including phenoxy) is 5. The highest BCUT2D eigenvalue weighted by Gasteiger charge is 2.29. The zero-order valence-electron chi connectivity index (χ0n) is 19.8. The normalized spacial score (nSPS) is 18.6. The third-order valence-electron chi connectivity index (χ3n) is 5.35. The Bertz CT molecular complexity index is 1030. The highest BCUT2D eigenvalue weighted by molar-refractivity contribution is 6.24. The van der Waals surface area contributed by atoms with Gasteiger partial charge >= 0.3 is 6.61 Å². The summed E-state index contributed by atoms with van der Waals surface area (Å²) in [5.74, 6) is 0.842. The van der Waals surface area contributed by atoms with Crippen molar-refractivity contribution in [1.82, 2.24) is 4.90 Å². The van der Waals surface area contributed by atoms with Crippen molar-refractivity contribution in [3.8, 4) is 23.0 Å². The highest BCUT2D eigenvalue weighted by atomic mass is 19.3. The van der Waals surface area contributed by atoms with Gasteiger partial charge in [0.2, 0.25) is 0 Å². The molecule has 0 spiro atoms. The molecular weight excluding hydrogens is 448 g/mol. The Balaban J connectivity index is 2.08. The second-order valence-corrected chi connectivity index (χ2v) is 7.88. The molecule has 0 aromatic heterocycles. The lowest BCUT2D eigenvalue weighted by Gasteiger charge is -2.36. The quantitative estimate of drug-likeness (QED) is 0.412. The number of methoxy groups -OCH3 is 3. The van der Waals surface area contributed by atoms with Crippen molar-refractivity contribution >= 4 is 17.6 Å². The number of carbonyl (C=O) groups is 1. The lowest BCUT2D eigenvalue weighted by atomic mass is 9.99. The number of rotatable bonds is 8. The topological polar surface area (TPSA) is 66.5 Å². The van der Waals surface area contributed by atoms with Gasteiger partial charge in [0.25, 0.3) is 5.91 Å². The summed E-state index contributed by atoms with van der Waals surface area (Å²) in [7, 11) is 4.41. The van der Waals surface area contributed by atoms with Gasteiger partial charge in [-0.05, 0) is 55.3 Å². The Kier molecular flexibility index (Phi) is 8.33. The summed E-state index contributed by atoms with van der Waals surface area (Å²) in [6.45, 7) is 1.74. The van der Waals surface area contributed by atoms with Gasteiger partial charge in [-0.2, -0.15) is 8.78 Å². The van der Waals surface area contributed by atoms with Crippen LogP contribution in [0.3, 0.4) is 0 Å². The van der Waals surface area contributed by atoms with E-state index in [1.807, 2.05) is 13.8 Å². The van der Waals surface area contributed by atoms with E-state index in [9.17, 15) is 13.6 Å². The van der Waals surface area contributed by atoms with E-state index in [0.29, 0.717) is 41.3 Å². The second kappa shape index (κ2) is 11.2. The minimum atomic E-state index is -2.98. The summed E-state index contributed by atoms with van der Waals surface area (Å²) in [6.07, 6.45) is 1.47. The predicted molar refractivity (Wildman–Crippen MR) is 124 cm³/mol. The monoisotopic (exact) mass is 477 g/mol. The summed E-state index contributed by atoms with van der Waals surface area (Å²) in [5.41, 5.74) is 1.58. The Hall–Kier alpha value is -3.33. The van der Waals surface area contributed by atoms with E-state index in [2.05, 4.69) is 4.74 Å². The molecule has 1 heterocycles. The van der Waals surface area contributed by atoms with Crippen molar-refractivity contribution in [2.45, 2.75) is 32.7 Å². The number of benzene rings is 2. The number of morpholine rings is 1. The first kappa shape index (κ1) is 25.3. The molecule has 0 bridgehead atoms. The summed E-state index contributed by atoms with van der Waals surface area (Å²) in [6, 6.07) is 9.72. The maximum absolute atomic E-state index is 13.7. The SMILES string of the molecule is COc1ccc(/C(=C\c2ccc(OC(F)F)c(OC)c2)C(=O)N2CC(C)OC(C)C2)cc1OC. The van der Waals surface area contributed by atoms with E-state index in [4.69, 9.17) is 18.9 Å². The average molecular weight is 478 g/mol. The van der Waals surface area contributed by atoms with Crippen molar-refractivity contribution in [2.75, 3.05) is 34.4 Å². The van der Waals surface area contributed by atoms with Crippen LogP contribution >= 0.6 is 0 Å². The Labute approximate surface area is 197 Å². The first-order chi connectivity index (χ1) is 16.2. The van der Waals surface area contributed by atoms with E-state index < -0.39 is 6.61 Å². The van der Waals surface area contributed by atoms with Gasteiger partial charge < -0.3 is 28.6 Å². The third kappa shape index (κ3) is 5.96. The van der Waals surface area contributed by atoms with E-state index >= 15 is 0 Å². The standard InChI is InChI=1S/C25H29F2NO6/c1-15-13-28(14-16(2)33-15)24(29)19(18-7-9-20(30-3)23(12-18)32-5)10-17-6-8-21(34-25(26)27)22(11-17)31-4/h6-12,15-16,25H,13-14H2,1-5H3/b19-10+. The molecule has 0 saturated carbocycles. The number of hydrogen-bond acceptors (Lipinski definition) is 6. The van der Waals surface area contributed by atoms with Crippen molar-refractivity contribution < 1.29 is 37.3 Å². The van der Waals surface area contributed by atoms with Gasteiger partial charge in [-0.3, -0.25) is 4.79 Å². The van der Waals surface area contributed by atoms with Gasteiger partial charge in [0, 0.05) is 18.7 Å². The molecule has 9 heteroatoms. The highest BCUT2D eigenvalue weighted by Crippen LogP contribution is 2.34. The fourth-order valence-corrected chi connectivity index (χ4v) is 3.92. The molecule has 0 N–H and O–H groups in total. The van der Waals surface area contributed by atoms with E-state index in [0.717, 1.165) is 0 Å². The molecule has 7 nitrogen and oxygen atoms in total. The number of halogens is 2. The van der Waals surface area contributed by atoms with Gasteiger partial charge in [0.05, 0.1) is 33.5 Å². The smallest absolute Gasteiger partial charge is 0.387 e. The number of nitrogens with zero attached hydrogens (tertiary/aromatic N) is 1. The molecule has 2 unspecified atom stereocenters. The summed E-state index contributed by atoms with van der Waals surface area (Å²) < 4.78 is 51.6. The van der Waals surface area contributed by atoms with Gasteiger partial charge in [0.1, 0.15) is 0 Å². The maximum Gasteiger partial charge on any atom is 0.387 e. The average Bonchev–Trinajstić information content (AvgIpc) is 2.81. The molecule has 2 aromatic rings. The van der Waals surface area contributed by atoms with Crippen LogP contribution in [-0.2, 0) is 9.53 Å². The van der Waals surface area contributed by atoms with Crippen molar-refractivity contribution in [2.24, 2.45) is 0 Å². The molecule has 2 aromatic carbocycles. The lowest BCUT2D eigenvalue weighted by molar-refractivity contribution is -0.136. The molecule has 184 valence electrons. The summed E-state index contributed by atoms with van der Waals surface area (Å²) in [4.78, 5) is 15.4. The van der Waals surface area contributed by atoms with Crippen LogP contribution in [0.4, 0.5) is 8.78 Å². The van der Waals surface area contributed by atoms with Crippen molar-refractivity contribution in [3.05, 3.63) is 47.5 Å². The predicted octanol–water partition coefficient (Wildman–Crippen LogP) is 4.49. The molecule has 1 aliphatic heterocycles. The lowest BCUT2D eigenvalue weighted by Crippen LogP contribution is -2.48. The third-order valence-corrected chi connectivity index (χ3v) is 5.35. The number of alkyl halides is 2. The van der Waals surface area contributed by atoms with Gasteiger partial charge in [-0.15, -0.1) is 0 Å². The van der Waals surface area contributed by atoms with Crippen LogP contribution in [-0.4, -0.2) is 64.0 Å². The molecule has 0 aliphatic carbocycles. The molecule has 1 amide bonds. The molecular formula is C25H29F2NO6. The minimum absolute atomic E-state index is 0.0931. The van der Waals surface area contributed by atoms with Crippen molar-refractivity contribution in [1.29, 1.82) is 0 Å². The van der Waals surface area contributed by atoms with Gasteiger partial charge in [-0.25, -0.2) is 0 Å². The number of carbonyl (C=O) groups excluding carboxylic acids is 1. The molecule has 1 aliphatic rings. The van der Waals surface area contributed by atoms with Crippen LogP contribution in [0.2, 0.25) is 0 Å². The molecule has 1 saturated heterocycles. The largest absolute Gasteiger partial charge is 0.493 e. The van der Waals surface area contributed by atoms with Crippen LogP contribution in [0.1, 0.15) is 25.0 Å². The van der Waals surface area contributed by atoms with E-state index in [1.54, 1.807) is 35.2 Å². The Morgan fingerprint density at radius 2 is 1.53 bits per heavy atom. The van der Waals surface area contributed by atoms with Crippen LogP contribution in [0.25, 0.3) is 11.6 Å². The fourth-order valence-electron chi connectivity index (χ4n) is 3.92. The molecule has 0 radical (unpaired) electrons. The number of amides is 1. The zero-order valence-corrected chi connectivity index (χ0v) is 19.8. The van der Waals surface area contributed by atoms with E-state index in [1.165, 1.54) is 33.5 Å². The van der Waals surface area contributed by atoms with Crippen LogP contribution in [0.5, 0.6) is 23.0 Å². The molecule has 3 rings (SSSR count). The first-order valence-electron chi connectivity index (χ1n) is 10.8. The first-order valence-corrected chi connectivity index (χ1v) is 10.8. The van der Waals surface area contributed by atoms with Gasteiger partial charge in [-0.1, -0.05) is 12.1 Å². The second-order valence-electron chi connectivity index (χ2n) is 7.88. The van der Waals surface area contributed by atoms with Crippen LogP contribution in [0.15, 0.2) is 36.4 Å². The van der Waals surface area contributed by atoms with Crippen molar-refractivity contribution in [3.63, 3.8) is 0 Å². The Morgan fingerprint density at radius 1 is 0.941 bits per heavy atom. The molecule has 34 heavy (non-hydrogen) atoms. The molecule has 2 atom stereocenters. The van der Waals surface area contributed by atoms with Crippen LogP contribution < -0.4 is 18.9 Å². The molecule has 1 fully saturated rings. The minimum Gasteiger partial charge on any atom is -0.493 e. The fraction of sp³-hybridized carbons (Fsp3) is 0.400. The van der Waals surface area contributed by atoms with Crippen LogP contribution in [0, 0.1) is 0 Å². The summed E-state index contributed by atoms with van der Waals surface area (Å²) in [5, 5.41) is 0. The number of hydrogen-bond donors (Lipinski definition) is 0.